The third-order valence-electron chi connectivity index (χ3n) is 6.21. The lowest BCUT2D eigenvalue weighted by Crippen LogP contribution is -2.42. The first-order valence-electron chi connectivity index (χ1n) is 10.6. The van der Waals surface area contributed by atoms with Gasteiger partial charge in [0.15, 0.2) is 0 Å². The standard InChI is InChI=1S/C23H27ClN4O4/c1-14-18(15(2)26(3)25-14)21(29)19-20(16-5-4-6-17(24)13-16)28(23(31)22(19)30)8-7-27-9-11-32-12-10-27/h4-6,13,20,29H,7-12H2,1-3H3/t20-/m1/s1. The lowest BCUT2D eigenvalue weighted by molar-refractivity contribution is -0.140. The Bertz CT molecular complexity index is 1090. The van der Waals surface area contributed by atoms with Crippen LogP contribution in [0.2, 0.25) is 5.02 Å². The van der Waals surface area contributed by atoms with Gasteiger partial charge in [0.05, 0.1) is 36.1 Å². The lowest BCUT2D eigenvalue weighted by Gasteiger charge is -2.31. The van der Waals surface area contributed by atoms with Crippen LogP contribution in [-0.2, 0) is 21.4 Å². The van der Waals surface area contributed by atoms with E-state index in [2.05, 4.69) is 10.00 Å². The van der Waals surface area contributed by atoms with Crippen LogP contribution in [0.4, 0.5) is 0 Å². The fraction of sp³-hybridized carbons (Fsp3) is 0.435. The number of carbonyl (C=O) groups is 2. The summed E-state index contributed by atoms with van der Waals surface area (Å²) < 4.78 is 7.04. The summed E-state index contributed by atoms with van der Waals surface area (Å²) >= 11 is 6.24. The molecule has 1 amide bonds. The molecule has 1 aromatic carbocycles. The topological polar surface area (TPSA) is 87.9 Å². The van der Waals surface area contributed by atoms with Crippen molar-refractivity contribution in [2.24, 2.45) is 7.05 Å². The van der Waals surface area contributed by atoms with Gasteiger partial charge in [0, 0.05) is 43.9 Å². The molecule has 1 N–H and O–H groups in total. The van der Waals surface area contributed by atoms with Crippen molar-refractivity contribution in [3.05, 3.63) is 57.4 Å². The largest absolute Gasteiger partial charge is 0.507 e. The first kappa shape index (κ1) is 22.5. The molecule has 0 unspecified atom stereocenters. The molecule has 2 aromatic rings. The van der Waals surface area contributed by atoms with Crippen molar-refractivity contribution in [3.63, 3.8) is 0 Å². The van der Waals surface area contributed by atoms with Crippen LogP contribution in [0, 0.1) is 13.8 Å². The molecule has 0 aliphatic carbocycles. The Morgan fingerprint density at radius 1 is 1.22 bits per heavy atom. The van der Waals surface area contributed by atoms with Gasteiger partial charge in [-0.15, -0.1) is 0 Å². The number of aliphatic hydroxyl groups is 1. The van der Waals surface area contributed by atoms with Crippen LogP contribution in [-0.4, -0.2) is 75.8 Å². The van der Waals surface area contributed by atoms with Gasteiger partial charge < -0.3 is 14.7 Å². The summed E-state index contributed by atoms with van der Waals surface area (Å²) in [6.07, 6.45) is 0. The third kappa shape index (κ3) is 4.05. The number of rotatable bonds is 5. The Labute approximate surface area is 192 Å². The predicted octanol–water partition coefficient (Wildman–Crippen LogP) is 2.44. The third-order valence-corrected chi connectivity index (χ3v) is 6.45. The summed E-state index contributed by atoms with van der Waals surface area (Å²) in [5, 5.41) is 16.1. The molecule has 0 bridgehead atoms. The fourth-order valence-corrected chi connectivity index (χ4v) is 4.66. The van der Waals surface area contributed by atoms with Crippen LogP contribution in [0.1, 0.15) is 28.6 Å². The molecule has 0 spiro atoms. The Kier molecular flexibility index (Phi) is 6.37. The van der Waals surface area contributed by atoms with Gasteiger partial charge in [-0.1, -0.05) is 23.7 Å². The summed E-state index contributed by atoms with van der Waals surface area (Å²) in [6.45, 7) is 7.40. The molecule has 2 aliphatic heterocycles. The van der Waals surface area contributed by atoms with Crippen LogP contribution in [0.3, 0.4) is 0 Å². The van der Waals surface area contributed by atoms with E-state index in [1.807, 2.05) is 13.0 Å². The highest BCUT2D eigenvalue weighted by Gasteiger charge is 2.46. The summed E-state index contributed by atoms with van der Waals surface area (Å²) in [7, 11) is 1.77. The maximum absolute atomic E-state index is 13.2. The minimum absolute atomic E-state index is 0.0680. The average Bonchev–Trinajstić information content (AvgIpc) is 3.18. The Balaban J connectivity index is 1.79. The van der Waals surface area contributed by atoms with Crippen LogP contribution >= 0.6 is 11.6 Å². The highest BCUT2D eigenvalue weighted by molar-refractivity contribution is 6.46. The van der Waals surface area contributed by atoms with Gasteiger partial charge in [0.2, 0.25) is 0 Å². The Morgan fingerprint density at radius 3 is 2.56 bits per heavy atom. The molecule has 2 fully saturated rings. The quantitative estimate of drug-likeness (QED) is 0.420. The van der Waals surface area contributed by atoms with Crippen LogP contribution in [0.25, 0.3) is 5.76 Å². The molecule has 9 heteroatoms. The Hall–Kier alpha value is -2.68. The Morgan fingerprint density at radius 2 is 1.94 bits per heavy atom. The van der Waals surface area contributed by atoms with Crippen molar-refractivity contribution in [2.45, 2.75) is 19.9 Å². The van der Waals surface area contributed by atoms with E-state index in [1.165, 1.54) is 4.90 Å². The minimum atomic E-state index is -0.728. The normalized spacial score (nSPS) is 21.5. The average molecular weight is 459 g/mol. The van der Waals surface area contributed by atoms with Gasteiger partial charge in [0.1, 0.15) is 5.76 Å². The van der Waals surface area contributed by atoms with E-state index in [4.69, 9.17) is 16.3 Å². The molecule has 8 nitrogen and oxygen atoms in total. The number of amides is 1. The molecular weight excluding hydrogens is 432 g/mol. The van der Waals surface area contributed by atoms with Gasteiger partial charge in [0.25, 0.3) is 11.7 Å². The molecule has 2 aliphatic rings. The summed E-state index contributed by atoms with van der Waals surface area (Å²) in [5.74, 6) is -1.52. The maximum Gasteiger partial charge on any atom is 0.295 e. The van der Waals surface area contributed by atoms with Crippen LogP contribution in [0.5, 0.6) is 0 Å². The molecule has 0 saturated carbocycles. The van der Waals surface area contributed by atoms with E-state index in [1.54, 1.807) is 36.9 Å². The van der Waals surface area contributed by atoms with E-state index < -0.39 is 17.7 Å². The van der Waals surface area contributed by atoms with Crippen LogP contribution < -0.4 is 0 Å². The van der Waals surface area contributed by atoms with Gasteiger partial charge >= 0.3 is 0 Å². The molecule has 3 heterocycles. The summed E-state index contributed by atoms with van der Waals surface area (Å²) in [6, 6.07) is 6.34. The zero-order valence-electron chi connectivity index (χ0n) is 18.5. The number of nitrogens with zero attached hydrogens (tertiary/aromatic N) is 4. The van der Waals surface area contributed by atoms with Gasteiger partial charge in [-0.2, -0.15) is 5.10 Å². The van der Waals surface area contributed by atoms with E-state index in [9.17, 15) is 14.7 Å². The van der Waals surface area contributed by atoms with Gasteiger partial charge in [-0.3, -0.25) is 19.2 Å². The number of likely N-dealkylation sites (tertiary alicyclic amines) is 1. The smallest absolute Gasteiger partial charge is 0.295 e. The first-order chi connectivity index (χ1) is 15.3. The summed E-state index contributed by atoms with van der Waals surface area (Å²) in [4.78, 5) is 30.0. The van der Waals surface area contributed by atoms with Crippen molar-refractivity contribution in [2.75, 3.05) is 39.4 Å². The van der Waals surface area contributed by atoms with E-state index in [-0.39, 0.29) is 11.3 Å². The van der Waals surface area contributed by atoms with Crippen molar-refractivity contribution in [3.8, 4) is 0 Å². The first-order valence-corrected chi connectivity index (χ1v) is 11.0. The van der Waals surface area contributed by atoms with Gasteiger partial charge in [-0.05, 0) is 31.5 Å². The molecular formula is C23H27ClN4O4. The van der Waals surface area contributed by atoms with E-state index >= 15 is 0 Å². The maximum atomic E-state index is 13.2. The number of hydrogen-bond acceptors (Lipinski definition) is 6. The molecule has 2 saturated heterocycles. The number of hydrogen-bond donors (Lipinski definition) is 1. The zero-order valence-corrected chi connectivity index (χ0v) is 19.2. The number of ketones is 1. The number of halogens is 1. The highest BCUT2D eigenvalue weighted by Crippen LogP contribution is 2.40. The number of carbonyl (C=O) groups excluding carboxylic acids is 2. The summed E-state index contributed by atoms with van der Waals surface area (Å²) in [5.41, 5.74) is 2.53. The monoisotopic (exact) mass is 458 g/mol. The number of benzene rings is 1. The van der Waals surface area contributed by atoms with Crippen LogP contribution in [0.15, 0.2) is 29.8 Å². The molecule has 0 radical (unpaired) electrons. The molecule has 1 aromatic heterocycles. The fourth-order valence-electron chi connectivity index (χ4n) is 4.46. The lowest BCUT2D eigenvalue weighted by atomic mass is 9.94. The number of aryl methyl sites for hydroxylation is 2. The van der Waals surface area contributed by atoms with Crippen molar-refractivity contribution >= 4 is 29.1 Å². The van der Waals surface area contributed by atoms with E-state index in [0.717, 1.165) is 13.1 Å². The second-order valence-corrected chi connectivity index (χ2v) is 8.61. The number of aliphatic hydroxyl groups excluding tert-OH is 1. The van der Waals surface area contributed by atoms with Crippen molar-refractivity contribution in [1.82, 2.24) is 19.6 Å². The van der Waals surface area contributed by atoms with Crippen molar-refractivity contribution in [1.29, 1.82) is 0 Å². The second kappa shape index (κ2) is 9.05. The second-order valence-electron chi connectivity index (χ2n) is 8.17. The number of morpholine rings is 1. The molecule has 4 rings (SSSR count). The SMILES string of the molecule is Cc1nn(C)c(C)c1C(O)=C1C(=O)C(=O)N(CCN2CCOCC2)[C@@H]1c1cccc(Cl)c1. The molecule has 170 valence electrons. The molecule has 32 heavy (non-hydrogen) atoms. The zero-order chi connectivity index (χ0) is 23.0. The highest BCUT2D eigenvalue weighted by atomic mass is 35.5. The predicted molar refractivity (Wildman–Crippen MR) is 120 cm³/mol. The number of aromatic nitrogens is 2. The van der Waals surface area contributed by atoms with Gasteiger partial charge in [-0.25, -0.2) is 0 Å². The molecule has 1 atom stereocenters. The number of Topliss-reactive ketones (excluding diaryl/α,β-unsaturated/α-hetero) is 1. The van der Waals surface area contributed by atoms with E-state index in [0.29, 0.717) is 53.8 Å². The van der Waals surface area contributed by atoms with Crippen molar-refractivity contribution < 1.29 is 19.4 Å². The number of ether oxygens (including phenoxy) is 1. The minimum Gasteiger partial charge on any atom is -0.507 e.